The number of aromatic nitrogens is 2. The quantitative estimate of drug-likeness (QED) is 0.654. The van der Waals surface area contributed by atoms with Gasteiger partial charge in [-0.3, -0.25) is 4.79 Å². The monoisotopic (exact) mass is 442 g/mol. The van der Waals surface area contributed by atoms with Crippen LogP contribution in [0.1, 0.15) is 24.0 Å². The Bertz CT molecular complexity index is 1160. The summed E-state index contributed by atoms with van der Waals surface area (Å²) in [6.07, 6.45) is -2.92. The zero-order valence-electron chi connectivity index (χ0n) is 18.0. The molecule has 0 bridgehead atoms. The minimum absolute atomic E-state index is 0.0938. The standard InChI is InChI=1S/C24H25F3N4O/c1-15-3-5-17(6-4-15)21-20(16-7-9-18(10-8-16)24(25,26)27)29-22(23(32)30(21)2)31-13-11-19(28)12-14-31/h3-10,19H,11-14,28H2,1-2H3. The number of aryl methyl sites for hydroxylation is 1. The summed E-state index contributed by atoms with van der Waals surface area (Å²) in [6, 6.07) is 12.6. The van der Waals surface area contributed by atoms with Crippen molar-refractivity contribution in [3.63, 3.8) is 0 Å². The van der Waals surface area contributed by atoms with Gasteiger partial charge in [0, 0.05) is 37.3 Å². The van der Waals surface area contributed by atoms with Crippen molar-refractivity contribution in [3.8, 4) is 22.5 Å². The first kappa shape index (κ1) is 22.1. The highest BCUT2D eigenvalue weighted by atomic mass is 19.4. The van der Waals surface area contributed by atoms with E-state index in [0.717, 1.165) is 36.1 Å². The van der Waals surface area contributed by atoms with Gasteiger partial charge >= 0.3 is 6.18 Å². The van der Waals surface area contributed by atoms with E-state index in [0.29, 0.717) is 35.9 Å². The zero-order chi connectivity index (χ0) is 23.0. The second kappa shape index (κ2) is 8.43. The van der Waals surface area contributed by atoms with Crippen LogP contribution < -0.4 is 16.2 Å². The Morgan fingerprint density at radius 1 is 0.969 bits per heavy atom. The number of piperidine rings is 1. The van der Waals surface area contributed by atoms with Gasteiger partial charge in [0.2, 0.25) is 0 Å². The normalized spacial score (nSPS) is 15.2. The molecule has 1 fully saturated rings. The summed E-state index contributed by atoms with van der Waals surface area (Å²) in [4.78, 5) is 19.9. The lowest BCUT2D eigenvalue weighted by molar-refractivity contribution is -0.137. The van der Waals surface area contributed by atoms with E-state index in [9.17, 15) is 18.0 Å². The Morgan fingerprint density at radius 2 is 1.53 bits per heavy atom. The maximum Gasteiger partial charge on any atom is 0.416 e. The van der Waals surface area contributed by atoms with Crippen molar-refractivity contribution >= 4 is 5.82 Å². The number of rotatable bonds is 3. The van der Waals surface area contributed by atoms with Crippen LogP contribution in [0.25, 0.3) is 22.5 Å². The van der Waals surface area contributed by atoms with E-state index in [2.05, 4.69) is 0 Å². The number of anilines is 1. The largest absolute Gasteiger partial charge is 0.416 e. The molecule has 1 saturated heterocycles. The second-order valence-corrected chi connectivity index (χ2v) is 8.26. The third-order valence-electron chi connectivity index (χ3n) is 5.92. The topological polar surface area (TPSA) is 64.2 Å². The van der Waals surface area contributed by atoms with Gasteiger partial charge in [-0.25, -0.2) is 4.98 Å². The fourth-order valence-electron chi connectivity index (χ4n) is 3.99. The van der Waals surface area contributed by atoms with E-state index in [1.54, 1.807) is 7.05 Å². The van der Waals surface area contributed by atoms with Crippen LogP contribution in [0.3, 0.4) is 0 Å². The Kier molecular flexibility index (Phi) is 5.81. The molecule has 0 spiro atoms. The highest BCUT2D eigenvalue weighted by Gasteiger charge is 2.30. The highest BCUT2D eigenvalue weighted by Crippen LogP contribution is 2.34. The first-order chi connectivity index (χ1) is 15.1. The van der Waals surface area contributed by atoms with Crippen molar-refractivity contribution in [2.45, 2.75) is 32.0 Å². The summed E-state index contributed by atoms with van der Waals surface area (Å²) < 4.78 is 40.8. The maximum atomic E-state index is 13.3. The summed E-state index contributed by atoms with van der Waals surface area (Å²) in [7, 11) is 1.67. The van der Waals surface area contributed by atoms with E-state index in [4.69, 9.17) is 10.7 Å². The van der Waals surface area contributed by atoms with Crippen LogP contribution in [0, 0.1) is 6.92 Å². The molecule has 0 unspecified atom stereocenters. The average Bonchev–Trinajstić information content (AvgIpc) is 2.76. The fraction of sp³-hybridized carbons (Fsp3) is 0.333. The van der Waals surface area contributed by atoms with Gasteiger partial charge in [-0.2, -0.15) is 13.2 Å². The molecule has 0 amide bonds. The van der Waals surface area contributed by atoms with E-state index in [-0.39, 0.29) is 11.6 Å². The molecule has 2 heterocycles. The first-order valence-electron chi connectivity index (χ1n) is 10.5. The minimum Gasteiger partial charge on any atom is -0.352 e. The third-order valence-corrected chi connectivity index (χ3v) is 5.92. The van der Waals surface area contributed by atoms with Crippen molar-refractivity contribution in [3.05, 3.63) is 70.0 Å². The molecular formula is C24H25F3N4O. The summed E-state index contributed by atoms with van der Waals surface area (Å²) in [6.45, 7) is 3.18. The van der Waals surface area contributed by atoms with Crippen molar-refractivity contribution in [2.24, 2.45) is 12.8 Å². The van der Waals surface area contributed by atoms with Gasteiger partial charge in [-0.1, -0.05) is 42.0 Å². The summed E-state index contributed by atoms with van der Waals surface area (Å²) >= 11 is 0. The van der Waals surface area contributed by atoms with Crippen LogP contribution in [0.4, 0.5) is 19.0 Å². The number of nitrogens with zero attached hydrogens (tertiary/aromatic N) is 3. The summed E-state index contributed by atoms with van der Waals surface area (Å²) in [5, 5.41) is 0. The molecule has 1 aromatic heterocycles. The van der Waals surface area contributed by atoms with E-state index in [1.165, 1.54) is 16.7 Å². The molecule has 3 aromatic rings. The molecule has 168 valence electrons. The lowest BCUT2D eigenvalue weighted by Crippen LogP contribution is -2.43. The van der Waals surface area contributed by atoms with Crippen molar-refractivity contribution in [1.29, 1.82) is 0 Å². The van der Waals surface area contributed by atoms with Crippen molar-refractivity contribution < 1.29 is 13.2 Å². The van der Waals surface area contributed by atoms with Crippen LogP contribution in [0.5, 0.6) is 0 Å². The molecule has 2 aromatic carbocycles. The number of hydrogen-bond acceptors (Lipinski definition) is 4. The van der Waals surface area contributed by atoms with Crippen LogP contribution >= 0.6 is 0 Å². The number of alkyl halides is 3. The molecule has 0 radical (unpaired) electrons. The van der Waals surface area contributed by atoms with Gasteiger partial charge in [0.1, 0.15) is 0 Å². The van der Waals surface area contributed by atoms with Crippen LogP contribution in [0.2, 0.25) is 0 Å². The Hall–Kier alpha value is -3.13. The van der Waals surface area contributed by atoms with Gasteiger partial charge in [0.25, 0.3) is 5.56 Å². The minimum atomic E-state index is -4.42. The molecule has 0 aliphatic carbocycles. The fourth-order valence-corrected chi connectivity index (χ4v) is 3.99. The van der Waals surface area contributed by atoms with Crippen molar-refractivity contribution in [2.75, 3.05) is 18.0 Å². The molecule has 5 nitrogen and oxygen atoms in total. The van der Waals surface area contributed by atoms with E-state index >= 15 is 0 Å². The van der Waals surface area contributed by atoms with Gasteiger partial charge in [0.05, 0.1) is 17.0 Å². The molecule has 0 atom stereocenters. The van der Waals surface area contributed by atoms with Crippen LogP contribution in [-0.4, -0.2) is 28.7 Å². The molecule has 32 heavy (non-hydrogen) atoms. The smallest absolute Gasteiger partial charge is 0.352 e. The Labute approximate surface area is 184 Å². The van der Waals surface area contributed by atoms with Crippen molar-refractivity contribution in [1.82, 2.24) is 9.55 Å². The van der Waals surface area contributed by atoms with E-state index < -0.39 is 11.7 Å². The van der Waals surface area contributed by atoms with Gasteiger partial charge in [0.15, 0.2) is 5.82 Å². The number of halogens is 3. The third kappa shape index (κ3) is 4.27. The summed E-state index contributed by atoms with van der Waals surface area (Å²) in [5.41, 5.74) is 8.40. The van der Waals surface area contributed by atoms with Crippen LogP contribution in [-0.2, 0) is 13.2 Å². The SMILES string of the molecule is Cc1ccc(-c2c(-c3ccc(C(F)(F)F)cc3)nc(N3CCC(N)CC3)c(=O)n2C)cc1. The molecule has 8 heteroatoms. The lowest BCUT2D eigenvalue weighted by atomic mass is 10.0. The number of hydrogen-bond donors (Lipinski definition) is 1. The highest BCUT2D eigenvalue weighted by molar-refractivity contribution is 5.79. The lowest BCUT2D eigenvalue weighted by Gasteiger charge is -2.31. The molecular weight excluding hydrogens is 417 g/mol. The Morgan fingerprint density at radius 3 is 2.09 bits per heavy atom. The van der Waals surface area contributed by atoms with Gasteiger partial charge in [-0.15, -0.1) is 0 Å². The second-order valence-electron chi connectivity index (χ2n) is 8.26. The van der Waals surface area contributed by atoms with Gasteiger partial charge in [-0.05, 0) is 31.9 Å². The average molecular weight is 442 g/mol. The van der Waals surface area contributed by atoms with Crippen LogP contribution in [0.15, 0.2) is 53.3 Å². The maximum absolute atomic E-state index is 13.3. The summed E-state index contributed by atoms with van der Waals surface area (Å²) in [5.74, 6) is 0.296. The first-order valence-corrected chi connectivity index (χ1v) is 10.5. The number of nitrogens with two attached hydrogens (primary N) is 1. The molecule has 1 aliphatic rings. The predicted octanol–water partition coefficient (Wildman–Crippen LogP) is 4.37. The van der Waals surface area contributed by atoms with Gasteiger partial charge < -0.3 is 15.2 Å². The number of benzene rings is 2. The molecule has 2 N–H and O–H groups in total. The molecule has 4 rings (SSSR count). The van der Waals surface area contributed by atoms with E-state index in [1.807, 2.05) is 36.1 Å². The molecule has 1 aliphatic heterocycles. The Balaban J connectivity index is 1.90. The zero-order valence-corrected chi connectivity index (χ0v) is 18.0. The predicted molar refractivity (Wildman–Crippen MR) is 120 cm³/mol. The molecule has 0 saturated carbocycles.